The molecule has 0 bridgehead atoms. The lowest BCUT2D eigenvalue weighted by atomic mass is 10.2. The normalized spacial score (nSPS) is 12.2. The maximum Gasteiger partial charge on any atom is 0.240 e. The molecule has 0 heterocycles. The second-order valence-electron chi connectivity index (χ2n) is 5.25. The number of nitrogens with one attached hydrogen (secondary N) is 2. The monoisotopic (exact) mass is 324 g/mol. The molecule has 1 aromatic carbocycles. The Hall–Kier alpha value is -1.86. The minimum Gasteiger partial charge on any atom is -0.370 e. The summed E-state index contributed by atoms with van der Waals surface area (Å²) in [7, 11) is -3.52. The Balaban J connectivity index is 2.55. The van der Waals surface area contributed by atoms with Gasteiger partial charge >= 0.3 is 0 Å². The minimum absolute atomic E-state index is 0.221. The molecular formula is C15H24N4O2S. The van der Waals surface area contributed by atoms with Crippen molar-refractivity contribution in [1.29, 1.82) is 0 Å². The van der Waals surface area contributed by atoms with E-state index in [1.165, 1.54) is 0 Å². The fraction of sp³-hybridized carbons (Fsp3) is 0.400. The summed E-state index contributed by atoms with van der Waals surface area (Å²) in [6.45, 7) is 10.2. The van der Waals surface area contributed by atoms with Gasteiger partial charge < -0.3 is 11.1 Å². The van der Waals surface area contributed by atoms with Gasteiger partial charge in [0, 0.05) is 13.1 Å². The van der Waals surface area contributed by atoms with Crippen LogP contribution in [-0.2, 0) is 10.0 Å². The van der Waals surface area contributed by atoms with Crippen LogP contribution in [0.3, 0.4) is 0 Å². The van der Waals surface area contributed by atoms with Crippen molar-refractivity contribution in [1.82, 2.24) is 10.0 Å². The average molecular weight is 324 g/mol. The Morgan fingerprint density at radius 2 is 2.00 bits per heavy atom. The minimum atomic E-state index is -3.52. The number of aliphatic imine (C=N–C) groups is 1. The zero-order valence-electron chi connectivity index (χ0n) is 13.3. The molecule has 0 saturated heterocycles. The van der Waals surface area contributed by atoms with Crippen LogP contribution in [0.25, 0.3) is 0 Å². The molecule has 22 heavy (non-hydrogen) atoms. The third-order valence-electron chi connectivity index (χ3n) is 2.88. The summed E-state index contributed by atoms with van der Waals surface area (Å²) in [5, 5.41) is 2.85. The third-order valence-corrected chi connectivity index (χ3v) is 4.48. The highest BCUT2D eigenvalue weighted by atomic mass is 32.2. The summed E-state index contributed by atoms with van der Waals surface area (Å²) in [5.74, 6) is 0.272. The van der Waals surface area contributed by atoms with E-state index >= 15 is 0 Å². The van der Waals surface area contributed by atoms with Crippen LogP contribution < -0.4 is 15.8 Å². The molecule has 0 aromatic heterocycles. The predicted molar refractivity (Wildman–Crippen MR) is 90.4 cm³/mol. The van der Waals surface area contributed by atoms with E-state index in [9.17, 15) is 8.42 Å². The summed E-state index contributed by atoms with van der Waals surface area (Å²) in [5.41, 5.74) is 8.17. The van der Waals surface area contributed by atoms with Crippen molar-refractivity contribution in [2.24, 2.45) is 10.7 Å². The van der Waals surface area contributed by atoms with Crippen molar-refractivity contribution in [2.75, 3.05) is 19.6 Å². The lowest BCUT2D eigenvalue weighted by molar-refractivity contribution is 0.580. The average Bonchev–Trinajstić information content (AvgIpc) is 2.44. The molecule has 7 heteroatoms. The predicted octanol–water partition coefficient (Wildman–Crippen LogP) is 1.06. The number of hydrogen-bond donors (Lipinski definition) is 3. The van der Waals surface area contributed by atoms with E-state index in [2.05, 4.69) is 21.6 Å². The number of nitrogens with zero attached hydrogens (tertiary/aromatic N) is 1. The highest BCUT2D eigenvalue weighted by molar-refractivity contribution is 7.89. The van der Waals surface area contributed by atoms with Crippen LogP contribution in [0.15, 0.2) is 40.2 Å². The highest BCUT2D eigenvalue weighted by Crippen LogP contribution is 2.16. The van der Waals surface area contributed by atoms with Gasteiger partial charge in [0.1, 0.15) is 0 Å². The van der Waals surface area contributed by atoms with Gasteiger partial charge in [-0.05, 0) is 38.0 Å². The highest BCUT2D eigenvalue weighted by Gasteiger charge is 2.16. The molecule has 0 atom stereocenters. The summed E-state index contributed by atoms with van der Waals surface area (Å²) in [6.07, 6.45) is 0. The second kappa shape index (κ2) is 7.95. The van der Waals surface area contributed by atoms with Crippen LogP contribution in [0.5, 0.6) is 0 Å². The number of benzene rings is 1. The van der Waals surface area contributed by atoms with Gasteiger partial charge in [0.05, 0.1) is 11.4 Å². The Morgan fingerprint density at radius 1 is 1.32 bits per heavy atom. The zero-order chi connectivity index (χ0) is 16.8. The molecule has 0 fully saturated rings. The third kappa shape index (κ3) is 5.87. The van der Waals surface area contributed by atoms with Gasteiger partial charge in [-0.15, -0.1) is 0 Å². The number of rotatable bonds is 7. The molecule has 0 saturated carbocycles. The first-order chi connectivity index (χ1) is 10.2. The molecule has 0 amide bonds. The van der Waals surface area contributed by atoms with Crippen molar-refractivity contribution >= 4 is 16.0 Å². The molecule has 0 aliphatic carbocycles. The quantitative estimate of drug-likeness (QED) is 0.302. The van der Waals surface area contributed by atoms with Crippen molar-refractivity contribution in [3.8, 4) is 0 Å². The largest absolute Gasteiger partial charge is 0.370 e. The number of nitrogens with two attached hydrogens (primary N) is 1. The Morgan fingerprint density at radius 3 is 2.64 bits per heavy atom. The van der Waals surface area contributed by atoms with Gasteiger partial charge in [-0.1, -0.05) is 24.3 Å². The molecule has 1 rings (SSSR count). The summed E-state index contributed by atoms with van der Waals surface area (Å²) >= 11 is 0. The molecule has 4 N–H and O–H groups in total. The van der Waals surface area contributed by atoms with Crippen molar-refractivity contribution in [3.63, 3.8) is 0 Å². The Bertz CT molecular complexity index is 666. The van der Waals surface area contributed by atoms with E-state index < -0.39 is 10.0 Å². The molecule has 122 valence electrons. The fourth-order valence-electron chi connectivity index (χ4n) is 1.73. The van der Waals surface area contributed by atoms with Crippen LogP contribution in [0, 0.1) is 13.8 Å². The van der Waals surface area contributed by atoms with Crippen LogP contribution >= 0.6 is 0 Å². The summed E-state index contributed by atoms with van der Waals surface area (Å²) in [4.78, 5) is 4.35. The van der Waals surface area contributed by atoms with Gasteiger partial charge in [-0.25, -0.2) is 18.1 Å². The first-order valence-corrected chi connectivity index (χ1v) is 8.46. The lowest BCUT2D eigenvalue weighted by Gasteiger charge is -2.11. The first-order valence-electron chi connectivity index (χ1n) is 6.97. The van der Waals surface area contributed by atoms with E-state index in [0.717, 1.165) is 11.1 Å². The molecular weight excluding hydrogens is 300 g/mol. The Labute approximate surface area is 132 Å². The van der Waals surface area contributed by atoms with Gasteiger partial charge in [-0.3, -0.25) is 0 Å². The number of aryl methyl sites for hydroxylation is 2. The molecule has 0 spiro atoms. The van der Waals surface area contributed by atoms with Crippen LogP contribution in [0.1, 0.15) is 18.1 Å². The van der Waals surface area contributed by atoms with Crippen LogP contribution in [-0.4, -0.2) is 34.0 Å². The number of sulfonamides is 1. The topological polar surface area (TPSA) is 96.6 Å². The summed E-state index contributed by atoms with van der Waals surface area (Å²) in [6, 6.07) is 5.34. The standard InChI is InChI=1S/C15H24N4O2S/c1-11(2)10-18-15(16)17-7-8-19-22(20,21)14-9-12(3)5-6-13(14)4/h5-6,9,19H,1,7-8,10H2,2-4H3,(H3,16,17,18). The van der Waals surface area contributed by atoms with E-state index in [1.54, 1.807) is 19.1 Å². The Kier molecular flexibility index (Phi) is 6.58. The smallest absolute Gasteiger partial charge is 0.240 e. The maximum absolute atomic E-state index is 12.3. The summed E-state index contributed by atoms with van der Waals surface area (Å²) < 4.78 is 27.1. The number of guanidine groups is 1. The van der Waals surface area contributed by atoms with E-state index in [4.69, 9.17) is 5.73 Å². The lowest BCUT2D eigenvalue weighted by Crippen LogP contribution is -2.38. The van der Waals surface area contributed by atoms with Gasteiger partial charge in [0.2, 0.25) is 10.0 Å². The molecule has 0 radical (unpaired) electrons. The fourth-order valence-corrected chi connectivity index (χ4v) is 3.09. The van der Waals surface area contributed by atoms with Crippen molar-refractivity contribution in [2.45, 2.75) is 25.7 Å². The maximum atomic E-state index is 12.3. The van der Waals surface area contributed by atoms with Gasteiger partial charge in [0.15, 0.2) is 5.96 Å². The van der Waals surface area contributed by atoms with Gasteiger partial charge in [-0.2, -0.15) is 0 Å². The zero-order valence-corrected chi connectivity index (χ0v) is 14.1. The van der Waals surface area contributed by atoms with Gasteiger partial charge in [0.25, 0.3) is 0 Å². The second-order valence-corrected chi connectivity index (χ2v) is 6.99. The van der Waals surface area contributed by atoms with Crippen molar-refractivity contribution < 1.29 is 8.42 Å². The van der Waals surface area contributed by atoms with Crippen LogP contribution in [0.4, 0.5) is 0 Å². The first kappa shape index (κ1) is 18.2. The van der Waals surface area contributed by atoms with Crippen LogP contribution in [0.2, 0.25) is 0 Å². The van der Waals surface area contributed by atoms with Crippen molar-refractivity contribution in [3.05, 3.63) is 41.5 Å². The molecule has 0 unspecified atom stereocenters. The number of hydrogen-bond acceptors (Lipinski definition) is 3. The SMILES string of the molecule is C=C(C)CN=C(N)NCCNS(=O)(=O)c1cc(C)ccc1C. The van der Waals surface area contributed by atoms with E-state index in [0.29, 0.717) is 23.5 Å². The molecule has 0 aliphatic rings. The van der Waals surface area contributed by atoms with E-state index in [-0.39, 0.29) is 12.5 Å². The molecule has 0 aliphatic heterocycles. The van der Waals surface area contributed by atoms with E-state index in [1.807, 2.05) is 19.9 Å². The molecule has 6 nitrogen and oxygen atoms in total. The molecule has 1 aromatic rings.